The van der Waals surface area contributed by atoms with Crippen LogP contribution in [0.2, 0.25) is 0 Å². The molecule has 1 N–H and O–H groups in total. The Hall–Kier alpha value is -1.05. The molecule has 1 aliphatic heterocycles. The summed E-state index contributed by atoms with van der Waals surface area (Å²) in [6.45, 7) is 6.38. The Balaban J connectivity index is 2.17. The van der Waals surface area contributed by atoms with Gasteiger partial charge in [0.15, 0.2) is 5.13 Å². The number of rotatable bonds is 6. The Morgan fingerprint density at radius 3 is 2.95 bits per heavy atom. The molecule has 1 amide bonds. The van der Waals surface area contributed by atoms with E-state index in [1.54, 1.807) is 13.2 Å². The lowest BCUT2D eigenvalue weighted by Crippen LogP contribution is -2.32. The maximum absolute atomic E-state index is 12.1. The van der Waals surface area contributed by atoms with E-state index in [1.165, 1.54) is 11.3 Å². The first kappa shape index (κ1) is 15.3. The van der Waals surface area contributed by atoms with E-state index in [1.807, 2.05) is 11.8 Å². The lowest BCUT2D eigenvalue weighted by molar-refractivity contribution is 0.0957. The van der Waals surface area contributed by atoms with Crippen LogP contribution in [0.1, 0.15) is 15.4 Å². The van der Waals surface area contributed by atoms with Gasteiger partial charge in [-0.1, -0.05) is 17.4 Å². The maximum atomic E-state index is 12.1. The van der Waals surface area contributed by atoms with Crippen LogP contribution in [0.5, 0.6) is 0 Å². The van der Waals surface area contributed by atoms with E-state index in [2.05, 4.69) is 21.8 Å². The molecule has 0 aromatic carbocycles. The van der Waals surface area contributed by atoms with Crippen LogP contribution in [0.4, 0.5) is 5.13 Å². The average Bonchev–Trinajstić information content (AvgIpc) is 2.90. The summed E-state index contributed by atoms with van der Waals surface area (Å²) in [7, 11) is 1.61. The number of ether oxygens (including phenoxy) is 1. The molecule has 5 nitrogen and oxygen atoms in total. The van der Waals surface area contributed by atoms with Crippen molar-refractivity contribution in [3.8, 4) is 0 Å². The Morgan fingerprint density at radius 1 is 1.55 bits per heavy atom. The third-order valence-corrected chi connectivity index (χ3v) is 4.96. The fourth-order valence-electron chi connectivity index (χ4n) is 1.89. The molecule has 20 heavy (non-hydrogen) atoms. The molecular weight excluding hydrogens is 294 g/mol. The number of anilines is 1. The van der Waals surface area contributed by atoms with Crippen LogP contribution in [0.25, 0.3) is 0 Å². The summed E-state index contributed by atoms with van der Waals surface area (Å²) in [6.07, 6.45) is 1.66. The Morgan fingerprint density at radius 2 is 2.30 bits per heavy atom. The van der Waals surface area contributed by atoms with Gasteiger partial charge in [0.2, 0.25) is 0 Å². The number of methoxy groups -OCH3 is 1. The summed E-state index contributed by atoms with van der Waals surface area (Å²) in [4.78, 5) is 19.6. The Bertz CT molecular complexity index is 470. The highest BCUT2D eigenvalue weighted by Gasteiger charge is 2.21. The number of hydrogen-bond acceptors (Lipinski definition) is 6. The normalized spacial score (nSPS) is 15.2. The van der Waals surface area contributed by atoms with Gasteiger partial charge in [0.25, 0.3) is 5.91 Å². The van der Waals surface area contributed by atoms with E-state index in [0.29, 0.717) is 23.7 Å². The van der Waals surface area contributed by atoms with Gasteiger partial charge in [-0.05, 0) is 0 Å². The highest BCUT2D eigenvalue weighted by Crippen LogP contribution is 2.28. The van der Waals surface area contributed by atoms with Gasteiger partial charge in [-0.25, -0.2) is 4.98 Å². The molecule has 110 valence electrons. The molecule has 0 bridgehead atoms. The van der Waals surface area contributed by atoms with Gasteiger partial charge in [0.1, 0.15) is 4.88 Å². The average molecular weight is 313 g/mol. The van der Waals surface area contributed by atoms with E-state index in [4.69, 9.17) is 4.74 Å². The van der Waals surface area contributed by atoms with Crippen LogP contribution in [0.3, 0.4) is 0 Å². The third kappa shape index (κ3) is 3.74. The summed E-state index contributed by atoms with van der Waals surface area (Å²) < 4.78 is 5.15. The monoisotopic (exact) mass is 313 g/mol. The minimum absolute atomic E-state index is 0.105. The summed E-state index contributed by atoms with van der Waals surface area (Å²) in [5.41, 5.74) is 0.715. The van der Waals surface area contributed by atoms with Crippen LogP contribution in [0.15, 0.2) is 12.7 Å². The number of nitrogens with one attached hydrogen (secondary N) is 1. The summed E-state index contributed by atoms with van der Waals surface area (Å²) in [5.74, 6) is 2.11. The second-order valence-electron chi connectivity index (χ2n) is 4.30. The molecule has 0 spiro atoms. The zero-order chi connectivity index (χ0) is 14.4. The first-order valence-corrected chi connectivity index (χ1v) is 8.43. The quantitative estimate of drug-likeness (QED) is 0.811. The van der Waals surface area contributed by atoms with Crippen LogP contribution < -0.4 is 10.2 Å². The van der Waals surface area contributed by atoms with Crippen LogP contribution >= 0.6 is 23.1 Å². The number of hydrogen-bond donors (Lipinski definition) is 1. The summed E-state index contributed by atoms with van der Waals surface area (Å²) in [5, 5.41) is 3.72. The molecular formula is C13H19N3O2S2. The van der Waals surface area contributed by atoms with Crippen LogP contribution in [0, 0.1) is 0 Å². The van der Waals surface area contributed by atoms with Crippen molar-refractivity contribution in [2.45, 2.75) is 6.61 Å². The molecule has 0 atom stereocenters. The van der Waals surface area contributed by atoms with E-state index >= 15 is 0 Å². The van der Waals surface area contributed by atoms with Crippen molar-refractivity contribution in [1.82, 2.24) is 10.3 Å². The highest BCUT2D eigenvalue weighted by molar-refractivity contribution is 7.99. The lowest BCUT2D eigenvalue weighted by Gasteiger charge is -2.25. The molecule has 7 heteroatoms. The van der Waals surface area contributed by atoms with Crippen molar-refractivity contribution in [2.24, 2.45) is 0 Å². The number of aromatic nitrogens is 1. The van der Waals surface area contributed by atoms with Crippen LogP contribution in [-0.2, 0) is 11.3 Å². The van der Waals surface area contributed by atoms with E-state index in [9.17, 15) is 4.79 Å². The van der Waals surface area contributed by atoms with E-state index in [0.717, 1.165) is 29.7 Å². The first-order chi connectivity index (χ1) is 9.76. The molecule has 0 saturated carbocycles. The summed E-state index contributed by atoms with van der Waals surface area (Å²) >= 11 is 3.40. The van der Waals surface area contributed by atoms with Crippen molar-refractivity contribution in [1.29, 1.82) is 0 Å². The van der Waals surface area contributed by atoms with E-state index < -0.39 is 0 Å². The Labute approximate surface area is 127 Å². The van der Waals surface area contributed by atoms with Gasteiger partial charge < -0.3 is 15.0 Å². The molecule has 2 heterocycles. The van der Waals surface area contributed by atoms with Gasteiger partial charge in [-0.3, -0.25) is 4.79 Å². The molecule has 1 fully saturated rings. The third-order valence-electron chi connectivity index (χ3n) is 2.86. The Kier molecular flexibility index (Phi) is 5.87. The fourth-order valence-corrected chi connectivity index (χ4v) is 3.83. The molecule has 1 aromatic rings. The molecule has 0 unspecified atom stereocenters. The first-order valence-electron chi connectivity index (χ1n) is 6.46. The minimum Gasteiger partial charge on any atom is -0.378 e. The molecule has 1 aromatic heterocycles. The zero-order valence-corrected chi connectivity index (χ0v) is 13.2. The minimum atomic E-state index is -0.105. The second kappa shape index (κ2) is 7.66. The molecule has 1 aliphatic rings. The summed E-state index contributed by atoms with van der Waals surface area (Å²) in [6, 6.07) is 0. The fraction of sp³-hybridized carbons (Fsp3) is 0.538. The zero-order valence-electron chi connectivity index (χ0n) is 11.6. The van der Waals surface area contributed by atoms with Crippen molar-refractivity contribution in [3.63, 3.8) is 0 Å². The smallest absolute Gasteiger partial charge is 0.263 e. The van der Waals surface area contributed by atoms with Gasteiger partial charge in [-0.15, -0.1) is 6.58 Å². The van der Waals surface area contributed by atoms with Gasteiger partial charge >= 0.3 is 0 Å². The number of nitrogens with zero attached hydrogens (tertiary/aromatic N) is 2. The van der Waals surface area contributed by atoms with Crippen LogP contribution in [-0.4, -0.2) is 49.1 Å². The standard InChI is InChI=1S/C13H19N3O2S2/c1-3-4-14-12(17)11-10(9-18-2)15-13(20-11)16-5-7-19-8-6-16/h3H,1,4-9H2,2H3,(H,14,17). The number of amides is 1. The van der Waals surface area contributed by atoms with E-state index in [-0.39, 0.29) is 5.91 Å². The number of thioether (sulfide) groups is 1. The molecule has 2 rings (SSSR count). The van der Waals surface area contributed by atoms with Gasteiger partial charge in [0.05, 0.1) is 12.3 Å². The van der Waals surface area contributed by atoms with Crippen molar-refractivity contribution < 1.29 is 9.53 Å². The molecule has 0 radical (unpaired) electrons. The van der Waals surface area contributed by atoms with Crippen molar-refractivity contribution in [3.05, 3.63) is 23.2 Å². The number of carbonyl (C=O) groups excluding carboxylic acids is 1. The lowest BCUT2D eigenvalue weighted by atomic mass is 10.3. The van der Waals surface area contributed by atoms with Crippen molar-refractivity contribution >= 4 is 34.1 Å². The largest absolute Gasteiger partial charge is 0.378 e. The number of thiazole rings is 1. The predicted octanol–water partition coefficient (Wildman–Crippen LogP) is 1.76. The molecule has 1 saturated heterocycles. The highest BCUT2D eigenvalue weighted by atomic mass is 32.2. The maximum Gasteiger partial charge on any atom is 0.263 e. The van der Waals surface area contributed by atoms with Gasteiger partial charge in [-0.2, -0.15) is 11.8 Å². The number of carbonyl (C=O) groups is 1. The SMILES string of the molecule is C=CCNC(=O)c1sc(N2CCSCC2)nc1COC. The van der Waals surface area contributed by atoms with Crippen molar-refractivity contribution in [2.75, 3.05) is 43.1 Å². The molecule has 0 aliphatic carbocycles. The topological polar surface area (TPSA) is 54.5 Å². The van der Waals surface area contributed by atoms with Gasteiger partial charge in [0, 0.05) is 38.2 Å². The predicted molar refractivity (Wildman–Crippen MR) is 84.9 cm³/mol. The second-order valence-corrected chi connectivity index (χ2v) is 6.51.